The van der Waals surface area contributed by atoms with Gasteiger partial charge in [-0.25, -0.2) is 0 Å². The Hall–Kier alpha value is -3.87. The van der Waals surface area contributed by atoms with Crippen LogP contribution in [0.5, 0.6) is 17.2 Å². The molecule has 3 aromatic carbocycles. The second-order valence-electron chi connectivity index (χ2n) is 8.46. The number of aryl methyl sites for hydroxylation is 1. The van der Waals surface area contributed by atoms with Gasteiger partial charge in [0.15, 0.2) is 0 Å². The number of carbonyl (C=O) groups is 1. The number of fused-ring (bicyclic) bond motifs is 2. The number of hydrogen-bond donors (Lipinski definition) is 1. The lowest BCUT2D eigenvalue weighted by Gasteiger charge is -2.12. The molecule has 2 aromatic heterocycles. The zero-order valence-electron chi connectivity index (χ0n) is 20.3. The smallest absolute Gasteiger partial charge is 0.267 e. The standard InChI is InChI=1S/C30H25ClN2O3S/c1-3-7-20-17-26(35-16-4-2)24-18-22(14-15-25(24)32-20)36-21-12-10-19(11-13-21)33-30(34)29-28(31)23-8-5-6-9-27(23)37-29/h4-6,8-15,17-18H,2-3,7,16H2,1H3,(H,33,34). The Morgan fingerprint density at radius 3 is 2.59 bits per heavy atom. The molecule has 0 saturated heterocycles. The van der Waals surface area contributed by atoms with E-state index in [0.29, 0.717) is 33.7 Å². The summed E-state index contributed by atoms with van der Waals surface area (Å²) in [5.41, 5.74) is 2.50. The zero-order valence-corrected chi connectivity index (χ0v) is 21.9. The summed E-state index contributed by atoms with van der Waals surface area (Å²) in [4.78, 5) is 18.1. The van der Waals surface area contributed by atoms with Gasteiger partial charge in [0.05, 0.1) is 10.5 Å². The largest absolute Gasteiger partial charge is 0.489 e. The Bertz CT molecular complexity index is 1590. The molecule has 2 heterocycles. The van der Waals surface area contributed by atoms with Crippen molar-refractivity contribution in [1.29, 1.82) is 0 Å². The number of nitrogens with zero attached hydrogens (tertiary/aromatic N) is 1. The van der Waals surface area contributed by atoms with Gasteiger partial charge in [0.1, 0.15) is 28.7 Å². The fourth-order valence-corrected chi connectivity index (χ4v) is 5.44. The van der Waals surface area contributed by atoms with E-state index >= 15 is 0 Å². The van der Waals surface area contributed by atoms with Crippen molar-refractivity contribution in [2.75, 3.05) is 11.9 Å². The van der Waals surface area contributed by atoms with Crippen molar-refractivity contribution < 1.29 is 14.3 Å². The SMILES string of the molecule is C=CCOc1cc(CCC)nc2ccc(Oc3ccc(NC(=O)c4sc5ccccc5c4Cl)cc3)cc12. The number of amides is 1. The highest BCUT2D eigenvalue weighted by molar-refractivity contribution is 7.21. The third-order valence-electron chi connectivity index (χ3n) is 5.75. The number of thiophene rings is 1. The van der Waals surface area contributed by atoms with E-state index in [9.17, 15) is 4.79 Å². The number of halogens is 1. The molecule has 0 atom stereocenters. The summed E-state index contributed by atoms with van der Waals surface area (Å²) in [7, 11) is 0. The zero-order chi connectivity index (χ0) is 25.8. The average Bonchev–Trinajstić information content (AvgIpc) is 3.25. The van der Waals surface area contributed by atoms with Gasteiger partial charge in [0.2, 0.25) is 0 Å². The van der Waals surface area contributed by atoms with E-state index in [-0.39, 0.29) is 5.91 Å². The van der Waals surface area contributed by atoms with Crippen molar-refractivity contribution in [1.82, 2.24) is 4.98 Å². The normalized spacial score (nSPS) is 11.0. The Kier molecular flexibility index (Phi) is 7.40. The summed E-state index contributed by atoms with van der Waals surface area (Å²) in [5, 5.41) is 5.15. The second kappa shape index (κ2) is 11.0. The summed E-state index contributed by atoms with van der Waals surface area (Å²) >= 11 is 7.83. The molecule has 1 N–H and O–H groups in total. The number of ether oxygens (including phenoxy) is 2. The molecule has 0 bridgehead atoms. The maximum Gasteiger partial charge on any atom is 0.267 e. The van der Waals surface area contributed by atoms with Crippen LogP contribution in [0.1, 0.15) is 28.7 Å². The number of aromatic nitrogens is 1. The molecule has 0 aliphatic heterocycles. The van der Waals surface area contributed by atoms with Gasteiger partial charge in [-0.05, 0) is 55.0 Å². The van der Waals surface area contributed by atoms with E-state index in [1.807, 2.05) is 60.7 Å². The molecule has 37 heavy (non-hydrogen) atoms. The van der Waals surface area contributed by atoms with Gasteiger partial charge in [-0.1, -0.05) is 55.8 Å². The summed E-state index contributed by atoms with van der Waals surface area (Å²) in [6.45, 7) is 6.29. The second-order valence-corrected chi connectivity index (χ2v) is 9.89. The highest BCUT2D eigenvalue weighted by Gasteiger charge is 2.17. The van der Waals surface area contributed by atoms with Crippen LogP contribution in [0.4, 0.5) is 5.69 Å². The Morgan fingerprint density at radius 2 is 1.84 bits per heavy atom. The minimum atomic E-state index is -0.239. The summed E-state index contributed by atoms with van der Waals surface area (Å²) in [6.07, 6.45) is 3.62. The predicted molar refractivity (Wildman–Crippen MR) is 153 cm³/mol. The van der Waals surface area contributed by atoms with Gasteiger partial charge in [0, 0.05) is 32.9 Å². The highest BCUT2D eigenvalue weighted by Crippen LogP contribution is 2.36. The molecule has 0 radical (unpaired) electrons. The van der Waals surface area contributed by atoms with Gasteiger partial charge in [-0.15, -0.1) is 11.3 Å². The Balaban J connectivity index is 1.32. The van der Waals surface area contributed by atoms with Crippen molar-refractivity contribution >= 4 is 55.5 Å². The summed E-state index contributed by atoms with van der Waals surface area (Å²) in [5.74, 6) is 1.82. The first-order valence-electron chi connectivity index (χ1n) is 12.0. The first kappa shape index (κ1) is 24.8. The Labute approximate surface area is 224 Å². The first-order chi connectivity index (χ1) is 18.1. The van der Waals surface area contributed by atoms with E-state index in [4.69, 9.17) is 26.1 Å². The summed E-state index contributed by atoms with van der Waals surface area (Å²) < 4.78 is 13.0. The summed E-state index contributed by atoms with van der Waals surface area (Å²) in [6, 6.07) is 22.7. The van der Waals surface area contributed by atoms with Crippen LogP contribution in [0.25, 0.3) is 21.0 Å². The molecule has 5 aromatic rings. The lowest BCUT2D eigenvalue weighted by Crippen LogP contribution is -2.10. The molecule has 1 amide bonds. The first-order valence-corrected chi connectivity index (χ1v) is 13.2. The van der Waals surface area contributed by atoms with Crippen molar-refractivity contribution in [3.05, 3.63) is 101 Å². The maximum absolute atomic E-state index is 12.8. The van der Waals surface area contributed by atoms with E-state index in [1.165, 1.54) is 11.3 Å². The predicted octanol–water partition coefficient (Wildman–Crippen LogP) is 8.66. The Morgan fingerprint density at radius 1 is 1.05 bits per heavy atom. The van der Waals surface area contributed by atoms with E-state index < -0.39 is 0 Å². The highest BCUT2D eigenvalue weighted by atomic mass is 35.5. The van der Waals surface area contributed by atoms with Crippen LogP contribution >= 0.6 is 22.9 Å². The maximum atomic E-state index is 12.8. The van der Waals surface area contributed by atoms with Crippen molar-refractivity contribution in [3.63, 3.8) is 0 Å². The number of pyridine rings is 1. The molecule has 0 spiro atoms. The van der Waals surface area contributed by atoms with Gasteiger partial charge in [-0.2, -0.15) is 0 Å². The number of benzene rings is 3. The van der Waals surface area contributed by atoms with Crippen LogP contribution in [0.3, 0.4) is 0 Å². The van der Waals surface area contributed by atoms with Crippen LogP contribution in [-0.4, -0.2) is 17.5 Å². The molecule has 5 nitrogen and oxygen atoms in total. The molecule has 0 unspecified atom stereocenters. The molecular weight excluding hydrogens is 504 g/mol. The van der Waals surface area contributed by atoms with Gasteiger partial charge < -0.3 is 14.8 Å². The van der Waals surface area contributed by atoms with Crippen LogP contribution in [0.15, 0.2) is 85.5 Å². The van der Waals surface area contributed by atoms with Crippen LogP contribution in [-0.2, 0) is 6.42 Å². The molecule has 186 valence electrons. The molecule has 0 aliphatic carbocycles. The number of anilines is 1. The number of nitrogens with one attached hydrogen (secondary N) is 1. The third kappa shape index (κ3) is 5.45. The molecule has 0 saturated carbocycles. The molecule has 0 fully saturated rings. The van der Waals surface area contributed by atoms with E-state index in [2.05, 4.69) is 18.8 Å². The fraction of sp³-hybridized carbons (Fsp3) is 0.133. The van der Waals surface area contributed by atoms with Gasteiger partial charge >= 0.3 is 0 Å². The lowest BCUT2D eigenvalue weighted by molar-refractivity contribution is 0.103. The number of rotatable bonds is 9. The van der Waals surface area contributed by atoms with Crippen LogP contribution < -0.4 is 14.8 Å². The minimum absolute atomic E-state index is 0.239. The van der Waals surface area contributed by atoms with Crippen molar-refractivity contribution in [2.45, 2.75) is 19.8 Å². The van der Waals surface area contributed by atoms with Gasteiger partial charge in [-0.3, -0.25) is 9.78 Å². The monoisotopic (exact) mass is 528 g/mol. The third-order valence-corrected chi connectivity index (χ3v) is 7.42. The molecular formula is C30H25ClN2O3S. The molecule has 5 rings (SSSR count). The molecule has 0 aliphatic rings. The number of hydrogen-bond acceptors (Lipinski definition) is 5. The van der Waals surface area contributed by atoms with E-state index in [0.717, 1.165) is 45.3 Å². The minimum Gasteiger partial charge on any atom is -0.489 e. The lowest BCUT2D eigenvalue weighted by atomic mass is 10.1. The topological polar surface area (TPSA) is 60.5 Å². The fourth-order valence-electron chi connectivity index (χ4n) is 4.03. The van der Waals surface area contributed by atoms with Crippen LogP contribution in [0.2, 0.25) is 5.02 Å². The van der Waals surface area contributed by atoms with E-state index in [1.54, 1.807) is 18.2 Å². The average molecular weight is 529 g/mol. The van der Waals surface area contributed by atoms with Crippen molar-refractivity contribution in [3.8, 4) is 17.2 Å². The number of carbonyl (C=O) groups excluding carboxylic acids is 1. The van der Waals surface area contributed by atoms with Crippen molar-refractivity contribution in [2.24, 2.45) is 0 Å². The van der Waals surface area contributed by atoms with Gasteiger partial charge in [0.25, 0.3) is 5.91 Å². The molecule has 7 heteroatoms. The van der Waals surface area contributed by atoms with Crippen LogP contribution in [0, 0.1) is 0 Å². The quantitative estimate of drug-likeness (QED) is 0.194.